The van der Waals surface area contributed by atoms with Crippen LogP contribution in [0.2, 0.25) is 0 Å². The Morgan fingerprint density at radius 3 is 2.58 bits per heavy atom. The number of benzene rings is 1. The Balaban J connectivity index is 1.99. The molecule has 0 radical (unpaired) electrons. The summed E-state index contributed by atoms with van der Waals surface area (Å²) >= 11 is 3.44. The number of aliphatic imine (C=N–C) groups is 1. The molecule has 1 aliphatic rings. The maximum atomic E-state index is 5.60. The number of rotatable bonds is 3. The molecule has 104 valence electrons. The molecular weight excluding hydrogens is 304 g/mol. The number of guanidine groups is 1. The van der Waals surface area contributed by atoms with Crippen molar-refractivity contribution in [3.05, 3.63) is 34.3 Å². The second-order valence-corrected chi connectivity index (χ2v) is 5.93. The Kier molecular flexibility index (Phi) is 5.22. The molecule has 0 aliphatic heterocycles. The van der Waals surface area contributed by atoms with Crippen molar-refractivity contribution in [3.8, 4) is 0 Å². The van der Waals surface area contributed by atoms with E-state index >= 15 is 0 Å². The molecule has 0 spiro atoms. The highest BCUT2D eigenvalue weighted by atomic mass is 79.9. The van der Waals surface area contributed by atoms with Crippen molar-refractivity contribution in [2.75, 3.05) is 7.05 Å². The molecule has 0 aromatic heterocycles. The summed E-state index contributed by atoms with van der Waals surface area (Å²) in [6.07, 6.45) is 4.92. The molecule has 1 saturated carbocycles. The highest BCUT2D eigenvalue weighted by Gasteiger charge is 2.16. The summed E-state index contributed by atoms with van der Waals surface area (Å²) in [6, 6.07) is 8.73. The van der Waals surface area contributed by atoms with E-state index in [-0.39, 0.29) is 0 Å². The molecule has 4 nitrogen and oxygen atoms in total. The van der Waals surface area contributed by atoms with Gasteiger partial charge in [0, 0.05) is 18.1 Å². The predicted octanol–water partition coefficient (Wildman–Crippen LogP) is 2.64. The number of hydrogen-bond acceptors (Lipinski definition) is 2. The molecule has 0 unspecified atom stereocenters. The van der Waals surface area contributed by atoms with Gasteiger partial charge in [0.1, 0.15) is 0 Å². The van der Waals surface area contributed by atoms with Crippen LogP contribution in [0, 0.1) is 0 Å². The first kappa shape index (κ1) is 14.3. The van der Waals surface area contributed by atoms with Crippen LogP contribution < -0.4 is 11.3 Å². The molecule has 5 heteroatoms. The second-order valence-electron chi connectivity index (χ2n) is 5.02. The SMILES string of the molecule is CN(Cc1ccc(Br)cc1)C(=NC1CCCC1)NN. The van der Waals surface area contributed by atoms with E-state index in [1.165, 1.54) is 31.2 Å². The summed E-state index contributed by atoms with van der Waals surface area (Å²) in [4.78, 5) is 6.76. The zero-order chi connectivity index (χ0) is 13.7. The number of hydrazine groups is 1. The minimum atomic E-state index is 0.429. The van der Waals surface area contributed by atoms with Gasteiger partial charge in [-0.1, -0.05) is 40.9 Å². The van der Waals surface area contributed by atoms with E-state index in [0.29, 0.717) is 6.04 Å². The number of hydrogen-bond donors (Lipinski definition) is 2. The van der Waals surface area contributed by atoms with Crippen LogP contribution in [0.5, 0.6) is 0 Å². The third kappa shape index (κ3) is 4.21. The lowest BCUT2D eigenvalue weighted by atomic mass is 10.2. The van der Waals surface area contributed by atoms with Gasteiger partial charge < -0.3 is 4.90 Å². The Hall–Kier alpha value is -1.07. The fourth-order valence-electron chi connectivity index (χ4n) is 2.39. The van der Waals surface area contributed by atoms with E-state index in [1.54, 1.807) is 0 Å². The van der Waals surface area contributed by atoms with Crippen molar-refractivity contribution in [1.82, 2.24) is 10.3 Å². The van der Waals surface area contributed by atoms with Crippen LogP contribution in [0.4, 0.5) is 0 Å². The minimum Gasteiger partial charge on any atom is -0.341 e. The summed E-state index contributed by atoms with van der Waals surface area (Å²) in [5.41, 5.74) is 3.96. The molecule has 0 heterocycles. The summed E-state index contributed by atoms with van der Waals surface area (Å²) in [6.45, 7) is 0.795. The summed E-state index contributed by atoms with van der Waals surface area (Å²) in [5.74, 6) is 6.37. The molecule has 0 saturated heterocycles. The Morgan fingerprint density at radius 1 is 1.37 bits per heavy atom. The van der Waals surface area contributed by atoms with Gasteiger partial charge in [0.25, 0.3) is 0 Å². The normalized spacial score (nSPS) is 16.7. The number of nitrogens with two attached hydrogens (primary N) is 1. The van der Waals surface area contributed by atoms with E-state index in [1.807, 2.05) is 19.2 Å². The average molecular weight is 325 g/mol. The molecule has 1 fully saturated rings. The fourth-order valence-corrected chi connectivity index (χ4v) is 2.66. The topological polar surface area (TPSA) is 53.6 Å². The third-order valence-corrected chi connectivity index (χ3v) is 3.98. The van der Waals surface area contributed by atoms with Gasteiger partial charge in [-0.3, -0.25) is 5.43 Å². The molecule has 1 aliphatic carbocycles. The van der Waals surface area contributed by atoms with Gasteiger partial charge in [-0.25, -0.2) is 10.8 Å². The summed E-state index contributed by atoms with van der Waals surface area (Å²) < 4.78 is 1.09. The first-order valence-electron chi connectivity index (χ1n) is 6.69. The predicted molar refractivity (Wildman–Crippen MR) is 82.6 cm³/mol. The quantitative estimate of drug-likeness (QED) is 0.389. The van der Waals surface area contributed by atoms with Gasteiger partial charge >= 0.3 is 0 Å². The molecule has 19 heavy (non-hydrogen) atoms. The number of halogens is 1. The van der Waals surface area contributed by atoms with E-state index < -0.39 is 0 Å². The lowest BCUT2D eigenvalue weighted by Gasteiger charge is -2.22. The van der Waals surface area contributed by atoms with Crippen molar-refractivity contribution in [2.45, 2.75) is 38.3 Å². The van der Waals surface area contributed by atoms with Crippen LogP contribution in [0.15, 0.2) is 33.7 Å². The molecular formula is C14H21BrN4. The minimum absolute atomic E-state index is 0.429. The first-order valence-corrected chi connectivity index (χ1v) is 7.48. The van der Waals surface area contributed by atoms with Crippen LogP contribution in [0.1, 0.15) is 31.2 Å². The zero-order valence-electron chi connectivity index (χ0n) is 11.3. The van der Waals surface area contributed by atoms with Crippen molar-refractivity contribution >= 4 is 21.9 Å². The highest BCUT2D eigenvalue weighted by molar-refractivity contribution is 9.10. The Morgan fingerprint density at radius 2 is 2.00 bits per heavy atom. The number of nitrogens with zero attached hydrogens (tertiary/aromatic N) is 2. The van der Waals surface area contributed by atoms with Gasteiger partial charge in [0.2, 0.25) is 5.96 Å². The maximum absolute atomic E-state index is 5.60. The average Bonchev–Trinajstić information content (AvgIpc) is 2.91. The molecule has 0 atom stereocenters. The number of nitrogens with one attached hydrogen (secondary N) is 1. The van der Waals surface area contributed by atoms with E-state index in [4.69, 9.17) is 10.8 Å². The van der Waals surface area contributed by atoms with Crippen molar-refractivity contribution in [2.24, 2.45) is 10.8 Å². The Bertz CT molecular complexity index is 424. The van der Waals surface area contributed by atoms with E-state index in [0.717, 1.165) is 17.0 Å². The molecule has 1 aromatic rings. The summed E-state index contributed by atoms with van der Waals surface area (Å²) in [5, 5.41) is 0. The van der Waals surface area contributed by atoms with Gasteiger partial charge in [-0.2, -0.15) is 0 Å². The van der Waals surface area contributed by atoms with Crippen molar-refractivity contribution in [3.63, 3.8) is 0 Å². The fraction of sp³-hybridized carbons (Fsp3) is 0.500. The molecule has 2 rings (SSSR count). The Labute approximate surface area is 123 Å². The van der Waals surface area contributed by atoms with Crippen LogP contribution >= 0.6 is 15.9 Å². The summed E-state index contributed by atoms with van der Waals surface area (Å²) in [7, 11) is 2.01. The van der Waals surface area contributed by atoms with E-state index in [2.05, 4.69) is 38.4 Å². The third-order valence-electron chi connectivity index (χ3n) is 3.45. The van der Waals surface area contributed by atoms with Crippen LogP contribution in [0.25, 0.3) is 0 Å². The largest absolute Gasteiger partial charge is 0.341 e. The lowest BCUT2D eigenvalue weighted by Crippen LogP contribution is -2.43. The maximum Gasteiger partial charge on any atom is 0.208 e. The van der Waals surface area contributed by atoms with Crippen LogP contribution in [-0.2, 0) is 6.54 Å². The molecule has 3 N–H and O–H groups in total. The van der Waals surface area contributed by atoms with Gasteiger partial charge in [-0.15, -0.1) is 0 Å². The smallest absolute Gasteiger partial charge is 0.208 e. The molecule has 0 amide bonds. The van der Waals surface area contributed by atoms with Gasteiger partial charge in [-0.05, 0) is 30.5 Å². The molecule has 0 bridgehead atoms. The van der Waals surface area contributed by atoms with E-state index in [9.17, 15) is 0 Å². The zero-order valence-corrected chi connectivity index (χ0v) is 12.9. The highest BCUT2D eigenvalue weighted by Crippen LogP contribution is 2.21. The first-order chi connectivity index (χ1) is 9.19. The lowest BCUT2D eigenvalue weighted by molar-refractivity contribution is 0.471. The second kappa shape index (κ2) is 6.91. The van der Waals surface area contributed by atoms with Crippen molar-refractivity contribution in [1.29, 1.82) is 0 Å². The van der Waals surface area contributed by atoms with Crippen LogP contribution in [-0.4, -0.2) is 23.9 Å². The molecule has 1 aromatic carbocycles. The van der Waals surface area contributed by atoms with Gasteiger partial charge in [0.15, 0.2) is 0 Å². The standard InChI is InChI=1S/C14H21BrN4/c1-19(10-11-6-8-12(15)9-7-11)14(18-16)17-13-4-2-3-5-13/h6-9,13H,2-5,10,16H2,1H3,(H,17,18). The van der Waals surface area contributed by atoms with Crippen molar-refractivity contribution < 1.29 is 0 Å². The van der Waals surface area contributed by atoms with Gasteiger partial charge in [0.05, 0.1) is 6.04 Å². The van der Waals surface area contributed by atoms with Crippen LogP contribution in [0.3, 0.4) is 0 Å². The monoisotopic (exact) mass is 324 g/mol.